The highest BCUT2D eigenvalue weighted by atomic mass is 16.6. The second-order valence-corrected chi connectivity index (χ2v) is 3.25. The fourth-order valence-electron chi connectivity index (χ4n) is 0.334. The van der Waals surface area contributed by atoms with Crippen molar-refractivity contribution in [2.45, 2.75) is 20.8 Å². The van der Waals surface area contributed by atoms with Gasteiger partial charge in [-0.1, -0.05) is 20.8 Å². The Morgan fingerprint density at radius 1 is 1.50 bits per heavy atom. The van der Waals surface area contributed by atoms with Crippen molar-refractivity contribution < 1.29 is 4.97 Å². The molecule has 0 amide bonds. The van der Waals surface area contributed by atoms with Crippen LogP contribution < -0.4 is 5.43 Å². The number of nitrogens with zero attached hydrogens (tertiary/aromatic N) is 2. The van der Waals surface area contributed by atoms with Gasteiger partial charge in [0.25, 0.3) is 0 Å². The molecule has 0 heterocycles. The Bertz CT molecular complexity index is 127. The van der Waals surface area contributed by atoms with Crippen molar-refractivity contribution in [1.29, 1.82) is 0 Å². The van der Waals surface area contributed by atoms with Crippen LogP contribution in [0.5, 0.6) is 0 Å². The lowest BCUT2D eigenvalue weighted by Crippen LogP contribution is -2.31. The minimum Gasteiger partial charge on any atom is -0.737 e. The number of hydrazine groups is 1. The van der Waals surface area contributed by atoms with Crippen LogP contribution in [0.25, 0.3) is 0 Å². The lowest BCUT2D eigenvalue weighted by molar-refractivity contribution is -0.588. The summed E-state index contributed by atoms with van der Waals surface area (Å²) < 4.78 is 0. The van der Waals surface area contributed by atoms with E-state index in [4.69, 9.17) is 0 Å². The fraction of sp³-hybridized carbons (Fsp3) is 1.00. The molecule has 0 fully saturated rings. The minimum absolute atomic E-state index is 0.0205. The number of nitrogens with one attached hydrogen (secondary N) is 1. The standard InChI is InChI=1S/C5H13N3O2/c1-5(2,3)4-6-8(10)7-9/h9H,4H2,1-3H3,(H,6,7)/p-1. The topological polar surface area (TPSA) is 73.5 Å². The maximum absolute atomic E-state index is 10.2. The molecule has 5 nitrogen and oxygen atoms in total. The van der Waals surface area contributed by atoms with Crippen LogP contribution in [0.3, 0.4) is 0 Å². The highest BCUT2D eigenvalue weighted by Gasteiger charge is 2.10. The fourth-order valence-corrected chi connectivity index (χ4v) is 0.334. The molecular weight excluding hydrogens is 134 g/mol. The van der Waals surface area contributed by atoms with Crippen LogP contribution in [0.2, 0.25) is 0 Å². The van der Waals surface area contributed by atoms with Gasteiger partial charge in [-0.3, -0.25) is 0 Å². The molecule has 60 valence electrons. The SMILES string of the molecule is CC(C)(C)CN/[N+]([O-])=N\[O-]. The zero-order chi connectivity index (χ0) is 8.20. The number of hydrogen-bond acceptors (Lipinski definition) is 3. The van der Waals surface area contributed by atoms with Crippen molar-refractivity contribution in [3.05, 3.63) is 10.4 Å². The third kappa shape index (κ3) is 5.14. The van der Waals surface area contributed by atoms with Gasteiger partial charge in [0, 0.05) is 4.97 Å². The summed E-state index contributed by atoms with van der Waals surface area (Å²) in [4.78, 5) is -0.0781. The molecule has 1 N–H and O–H groups in total. The lowest BCUT2D eigenvalue weighted by Gasteiger charge is -2.16. The minimum atomic E-state index is -0.0781. The second-order valence-electron chi connectivity index (χ2n) is 3.25. The zero-order valence-corrected chi connectivity index (χ0v) is 6.42. The Labute approximate surface area is 59.9 Å². The summed E-state index contributed by atoms with van der Waals surface area (Å²) >= 11 is 0. The van der Waals surface area contributed by atoms with E-state index in [0.29, 0.717) is 6.54 Å². The quantitative estimate of drug-likeness (QED) is 0.358. The van der Waals surface area contributed by atoms with Gasteiger partial charge < -0.3 is 10.4 Å². The maximum atomic E-state index is 10.2. The molecule has 0 aromatic carbocycles. The molecule has 0 aliphatic heterocycles. The zero-order valence-electron chi connectivity index (χ0n) is 6.42. The van der Waals surface area contributed by atoms with Crippen molar-refractivity contribution >= 4 is 0 Å². The van der Waals surface area contributed by atoms with E-state index in [1.54, 1.807) is 0 Å². The van der Waals surface area contributed by atoms with Crippen LogP contribution in [0, 0.1) is 15.8 Å². The van der Waals surface area contributed by atoms with Crippen LogP contribution in [0.15, 0.2) is 5.28 Å². The van der Waals surface area contributed by atoms with E-state index in [9.17, 15) is 10.4 Å². The van der Waals surface area contributed by atoms with E-state index in [1.165, 1.54) is 0 Å². The summed E-state index contributed by atoms with van der Waals surface area (Å²) in [6.45, 7) is 6.26. The van der Waals surface area contributed by atoms with Gasteiger partial charge in [0.05, 0.1) is 6.54 Å². The van der Waals surface area contributed by atoms with Crippen molar-refractivity contribution in [3.63, 3.8) is 0 Å². The van der Waals surface area contributed by atoms with E-state index in [1.807, 2.05) is 20.8 Å². The first kappa shape index (κ1) is 9.00. The van der Waals surface area contributed by atoms with E-state index in [-0.39, 0.29) is 10.4 Å². The summed E-state index contributed by atoms with van der Waals surface area (Å²) in [6.07, 6.45) is 0. The third-order valence-corrected chi connectivity index (χ3v) is 0.819. The molecule has 0 aromatic rings. The molecule has 0 saturated carbocycles. The highest BCUT2D eigenvalue weighted by Crippen LogP contribution is 2.09. The summed E-state index contributed by atoms with van der Waals surface area (Å²) in [5.41, 5.74) is 2.25. The molecule has 0 unspecified atom stereocenters. The van der Waals surface area contributed by atoms with Crippen LogP contribution >= 0.6 is 0 Å². The second kappa shape index (κ2) is 3.24. The molecule has 0 saturated heterocycles. The van der Waals surface area contributed by atoms with Crippen molar-refractivity contribution in [1.82, 2.24) is 5.43 Å². The smallest absolute Gasteiger partial charge is 0.0786 e. The molecule has 0 radical (unpaired) electrons. The Morgan fingerprint density at radius 3 is 2.30 bits per heavy atom. The van der Waals surface area contributed by atoms with Gasteiger partial charge in [-0.15, -0.1) is 0 Å². The van der Waals surface area contributed by atoms with Crippen molar-refractivity contribution in [2.75, 3.05) is 6.54 Å². The molecule has 0 bridgehead atoms. The first-order valence-electron chi connectivity index (χ1n) is 3.00. The average molecular weight is 146 g/mol. The van der Waals surface area contributed by atoms with E-state index in [2.05, 4.69) is 10.7 Å². The van der Waals surface area contributed by atoms with Gasteiger partial charge in [-0.05, 0) is 10.7 Å². The maximum Gasteiger partial charge on any atom is 0.0786 e. The Morgan fingerprint density at radius 2 is 2.00 bits per heavy atom. The summed E-state index contributed by atoms with van der Waals surface area (Å²) in [6, 6.07) is 0. The average Bonchev–Trinajstić information content (AvgIpc) is 1.81. The number of hydrogen-bond donors (Lipinski definition) is 1. The molecular formula is C5H12N3O2-. The van der Waals surface area contributed by atoms with E-state index >= 15 is 0 Å². The molecule has 0 spiro atoms. The van der Waals surface area contributed by atoms with Crippen molar-refractivity contribution in [3.8, 4) is 0 Å². The first-order valence-corrected chi connectivity index (χ1v) is 3.00. The van der Waals surface area contributed by atoms with Crippen molar-refractivity contribution in [2.24, 2.45) is 10.7 Å². The third-order valence-electron chi connectivity index (χ3n) is 0.819. The van der Waals surface area contributed by atoms with Crippen LogP contribution in [-0.4, -0.2) is 11.5 Å². The molecule has 5 heteroatoms. The molecule has 0 rings (SSSR count). The molecule has 0 aliphatic rings. The normalized spacial score (nSPS) is 13.3. The largest absolute Gasteiger partial charge is 0.737 e. The van der Waals surface area contributed by atoms with Gasteiger partial charge in [-0.2, -0.15) is 5.43 Å². The predicted molar refractivity (Wildman–Crippen MR) is 36.9 cm³/mol. The van der Waals surface area contributed by atoms with E-state index in [0.717, 1.165) is 0 Å². The number of rotatable bonds is 2. The molecule has 0 aliphatic carbocycles. The van der Waals surface area contributed by atoms with Crippen LogP contribution in [0.1, 0.15) is 20.8 Å². The monoisotopic (exact) mass is 146 g/mol. The van der Waals surface area contributed by atoms with Gasteiger partial charge in [0.1, 0.15) is 0 Å². The lowest BCUT2D eigenvalue weighted by atomic mass is 9.98. The molecule has 10 heavy (non-hydrogen) atoms. The highest BCUT2D eigenvalue weighted by molar-refractivity contribution is 4.60. The Hall–Kier alpha value is -1.00. The van der Waals surface area contributed by atoms with Gasteiger partial charge in [0.2, 0.25) is 0 Å². The van der Waals surface area contributed by atoms with Gasteiger partial charge in [0.15, 0.2) is 0 Å². The summed E-state index contributed by atoms with van der Waals surface area (Å²) in [5.74, 6) is 0. The Kier molecular flexibility index (Phi) is 2.92. The summed E-state index contributed by atoms with van der Waals surface area (Å²) in [7, 11) is 0. The molecule has 0 aromatic heterocycles. The van der Waals surface area contributed by atoms with E-state index < -0.39 is 0 Å². The Balaban J connectivity index is 3.56. The van der Waals surface area contributed by atoms with Crippen LogP contribution in [0.4, 0.5) is 0 Å². The first-order chi connectivity index (χ1) is 4.45. The van der Waals surface area contributed by atoms with Gasteiger partial charge in [-0.25, -0.2) is 0 Å². The summed E-state index contributed by atoms with van der Waals surface area (Å²) in [5, 5.41) is 21.8. The predicted octanol–water partition coefficient (Wildman–Crippen LogP) is 0.997. The van der Waals surface area contributed by atoms with Crippen LogP contribution in [-0.2, 0) is 0 Å². The molecule has 0 atom stereocenters. The van der Waals surface area contributed by atoms with Gasteiger partial charge >= 0.3 is 0 Å².